The van der Waals surface area contributed by atoms with Gasteiger partial charge in [-0.2, -0.15) is 0 Å². The maximum absolute atomic E-state index is 5.86. The third-order valence-corrected chi connectivity index (χ3v) is 4.14. The summed E-state index contributed by atoms with van der Waals surface area (Å²) in [6.07, 6.45) is 5.25. The van der Waals surface area contributed by atoms with E-state index < -0.39 is 0 Å². The van der Waals surface area contributed by atoms with E-state index in [1.54, 1.807) is 12.5 Å². The number of aromatic nitrogens is 3. The van der Waals surface area contributed by atoms with Crippen LogP contribution in [0.1, 0.15) is 5.56 Å². The quantitative estimate of drug-likeness (QED) is 0.574. The molecule has 0 aliphatic rings. The van der Waals surface area contributed by atoms with Gasteiger partial charge in [-0.25, -0.2) is 0 Å². The van der Waals surface area contributed by atoms with Gasteiger partial charge in [-0.1, -0.05) is 0 Å². The third kappa shape index (κ3) is 2.29. The Kier molecular flexibility index (Phi) is 3.45. The summed E-state index contributed by atoms with van der Waals surface area (Å²) >= 11 is 5.18. The third-order valence-electron chi connectivity index (χ3n) is 3.09. The molecule has 0 amide bonds. The van der Waals surface area contributed by atoms with Crippen LogP contribution in [0.2, 0.25) is 0 Å². The first-order valence-corrected chi connectivity index (χ1v) is 7.84. The molecule has 6 heteroatoms. The number of imidazole rings is 1. The van der Waals surface area contributed by atoms with Crippen molar-refractivity contribution in [3.63, 3.8) is 0 Å². The molecule has 0 fully saturated rings. The zero-order valence-electron chi connectivity index (χ0n) is 10.7. The molecule has 0 unspecified atom stereocenters. The Bertz CT molecular complexity index is 811. The van der Waals surface area contributed by atoms with Gasteiger partial charge in [0.25, 0.3) is 0 Å². The van der Waals surface area contributed by atoms with Crippen molar-refractivity contribution < 1.29 is 0 Å². The first-order chi connectivity index (χ1) is 9.69. The summed E-state index contributed by atoms with van der Waals surface area (Å²) in [4.78, 5) is 9.04. The molecule has 1 aromatic carbocycles. The molecule has 0 spiro atoms. The second kappa shape index (κ2) is 5.25. The minimum atomic E-state index is 0.00754. The van der Waals surface area contributed by atoms with Crippen molar-refractivity contribution in [2.45, 2.75) is 0 Å². The summed E-state index contributed by atoms with van der Waals surface area (Å²) in [5.74, 6) is 0.757. The summed E-state index contributed by atoms with van der Waals surface area (Å²) < 4.78 is 3.05. The molecular formula is C14H11AlN4S. The van der Waals surface area contributed by atoms with Gasteiger partial charge in [0.15, 0.2) is 0 Å². The number of nitrogens with two attached hydrogens (primary N) is 1. The van der Waals surface area contributed by atoms with Gasteiger partial charge < -0.3 is 0 Å². The molecular weight excluding hydrogens is 283 g/mol. The first-order valence-electron chi connectivity index (χ1n) is 6.04. The van der Waals surface area contributed by atoms with Gasteiger partial charge in [-0.05, 0) is 0 Å². The van der Waals surface area contributed by atoms with Crippen molar-refractivity contribution in [3.8, 4) is 5.82 Å². The van der Waals surface area contributed by atoms with E-state index in [2.05, 4.69) is 27.5 Å². The molecule has 0 radical (unpaired) electrons. The second-order valence-electron chi connectivity index (χ2n) is 4.34. The van der Waals surface area contributed by atoms with E-state index in [-0.39, 0.29) is 14.8 Å². The molecule has 20 heavy (non-hydrogen) atoms. The molecule has 0 aliphatic heterocycles. The van der Waals surface area contributed by atoms with Crippen LogP contribution >= 0.6 is 12.2 Å². The molecule has 3 rings (SSSR count). The fraction of sp³-hybridized carbons (Fsp3) is 0. The van der Waals surface area contributed by atoms with Gasteiger partial charge >= 0.3 is 127 Å². The Labute approximate surface area is 127 Å². The van der Waals surface area contributed by atoms with Crippen LogP contribution in [0.5, 0.6) is 0 Å². The zero-order chi connectivity index (χ0) is 14.1. The van der Waals surface area contributed by atoms with Crippen LogP contribution in [0, 0.1) is 0 Å². The van der Waals surface area contributed by atoms with Crippen molar-refractivity contribution in [2.24, 2.45) is 5.73 Å². The fourth-order valence-corrected chi connectivity index (χ4v) is 2.77. The number of fused-ring (bicyclic) bond motifs is 1. The topological polar surface area (TPSA) is 56.7 Å². The minimum absolute atomic E-state index is 0.00754. The number of thiocarbonyl (C=S) groups is 1. The Morgan fingerprint density at radius 3 is 2.85 bits per heavy atom. The molecule has 2 aromatic heterocycles. The van der Waals surface area contributed by atoms with E-state index in [0.717, 1.165) is 22.3 Å². The Morgan fingerprint density at radius 1 is 1.35 bits per heavy atom. The number of hydrogen-bond donors (Lipinski definition) is 1. The number of nitrogens with zero attached hydrogens (tertiary/aromatic N) is 3. The SMILES string of the molecule is [CH2]=[Al][c]1ccc2nc(-n3ccnc3)cc(C(N)=S)c2c1. The van der Waals surface area contributed by atoms with Crippen LogP contribution in [0.4, 0.5) is 0 Å². The molecule has 3 aromatic rings. The van der Waals surface area contributed by atoms with E-state index in [1.807, 2.05) is 22.9 Å². The summed E-state index contributed by atoms with van der Waals surface area (Å²) in [7, 11) is 0. The Balaban J connectivity index is 2.33. The molecule has 4 nitrogen and oxygen atoms in total. The van der Waals surface area contributed by atoms with Gasteiger partial charge in [0.1, 0.15) is 0 Å². The van der Waals surface area contributed by atoms with Crippen molar-refractivity contribution in [3.05, 3.63) is 48.5 Å². The fourth-order valence-electron chi connectivity index (χ4n) is 2.09. The maximum atomic E-state index is 5.86. The van der Waals surface area contributed by atoms with E-state index in [0.29, 0.717) is 4.99 Å². The van der Waals surface area contributed by atoms with Gasteiger partial charge in [-0.15, -0.1) is 0 Å². The molecule has 0 atom stereocenters. The molecule has 96 valence electrons. The van der Waals surface area contributed by atoms with Crippen LogP contribution in [0.3, 0.4) is 0 Å². The van der Waals surface area contributed by atoms with Crippen LogP contribution in [-0.4, -0.2) is 39.7 Å². The molecule has 0 bridgehead atoms. The van der Waals surface area contributed by atoms with Crippen molar-refractivity contribution in [2.75, 3.05) is 0 Å². The number of benzene rings is 1. The van der Waals surface area contributed by atoms with Gasteiger partial charge in [0, 0.05) is 0 Å². The molecule has 0 saturated carbocycles. The molecule has 2 heterocycles. The summed E-state index contributed by atoms with van der Waals surface area (Å²) in [5.41, 5.74) is 7.57. The number of pyridine rings is 1. The van der Waals surface area contributed by atoms with Gasteiger partial charge in [0.05, 0.1) is 0 Å². The van der Waals surface area contributed by atoms with Gasteiger partial charge in [0.2, 0.25) is 0 Å². The standard InChI is InChI=1S/C13H9N4S.CH2.Al/c14-13(18)10-7-12(17-6-5-15-8-17)16-11-4-2-1-3-9(10)11;;/h2-8H,(H2,14,18);1H2;. The number of hydrogen-bond acceptors (Lipinski definition) is 3. The monoisotopic (exact) mass is 294 g/mol. The Hall–Kier alpha value is -1.87. The zero-order valence-corrected chi connectivity index (χ0v) is 12.6. The van der Waals surface area contributed by atoms with E-state index >= 15 is 0 Å². The predicted molar refractivity (Wildman–Crippen MR) is 87.3 cm³/mol. The summed E-state index contributed by atoms with van der Waals surface area (Å²) in [6.45, 7) is 0. The Morgan fingerprint density at radius 2 is 2.20 bits per heavy atom. The second-order valence-corrected chi connectivity index (χ2v) is 5.86. The average molecular weight is 294 g/mol. The van der Waals surface area contributed by atoms with E-state index in [9.17, 15) is 0 Å². The molecule has 0 aliphatic carbocycles. The van der Waals surface area contributed by atoms with Crippen molar-refractivity contribution in [1.29, 1.82) is 0 Å². The summed E-state index contributed by atoms with van der Waals surface area (Å²) in [6, 6.07) is 8.02. The normalized spacial score (nSPS) is 10.4. The van der Waals surface area contributed by atoms with Crippen LogP contribution in [-0.2, 0) is 0 Å². The first kappa shape index (κ1) is 13.1. The van der Waals surface area contributed by atoms with Crippen molar-refractivity contribution >= 4 is 52.7 Å². The average Bonchev–Trinajstić information content (AvgIpc) is 2.99. The van der Waals surface area contributed by atoms with Crippen LogP contribution in [0.15, 0.2) is 43.0 Å². The molecule has 0 saturated heterocycles. The van der Waals surface area contributed by atoms with E-state index in [1.165, 1.54) is 4.43 Å². The summed E-state index contributed by atoms with van der Waals surface area (Å²) in [5, 5.41) is 4.96. The van der Waals surface area contributed by atoms with E-state index in [4.69, 9.17) is 18.0 Å². The number of rotatable bonds is 3. The predicted octanol–water partition coefficient (Wildman–Crippen LogP) is 0.816. The molecule has 2 N–H and O–H groups in total. The van der Waals surface area contributed by atoms with Crippen LogP contribution in [0.25, 0.3) is 16.7 Å². The van der Waals surface area contributed by atoms with Crippen LogP contribution < -0.4 is 10.2 Å². The van der Waals surface area contributed by atoms with Crippen molar-refractivity contribution in [1.82, 2.24) is 14.5 Å². The van der Waals surface area contributed by atoms with Gasteiger partial charge in [-0.3, -0.25) is 0 Å².